The van der Waals surface area contributed by atoms with Crippen LogP contribution in [0.3, 0.4) is 0 Å². The van der Waals surface area contributed by atoms with Crippen LogP contribution in [-0.2, 0) is 20.2 Å². The number of anilines is 1. The van der Waals surface area contributed by atoms with Gasteiger partial charge in [0.1, 0.15) is 24.1 Å². The fourth-order valence-corrected chi connectivity index (χ4v) is 4.25. The predicted molar refractivity (Wildman–Crippen MR) is 123 cm³/mol. The summed E-state index contributed by atoms with van der Waals surface area (Å²) in [6.45, 7) is 8.51. The number of hydrogen-bond acceptors (Lipinski definition) is 5. The third-order valence-corrected chi connectivity index (χ3v) is 6.05. The van der Waals surface area contributed by atoms with E-state index >= 15 is 0 Å². The van der Waals surface area contributed by atoms with Crippen molar-refractivity contribution in [2.45, 2.75) is 39.2 Å². The molecule has 0 aliphatic carbocycles. The Kier molecular flexibility index (Phi) is 7.95. The van der Waals surface area contributed by atoms with Gasteiger partial charge in [-0.2, -0.15) is 0 Å². The van der Waals surface area contributed by atoms with Gasteiger partial charge < -0.3 is 14.8 Å². The van der Waals surface area contributed by atoms with Crippen molar-refractivity contribution in [3.05, 3.63) is 54.1 Å². The first-order chi connectivity index (χ1) is 14.4. The molecule has 0 unspecified atom stereocenters. The van der Waals surface area contributed by atoms with Crippen LogP contribution in [0, 0.1) is 0 Å². The smallest absolute Gasteiger partial charge is 0.243 e. The lowest BCUT2D eigenvalue weighted by atomic mass is 9.87. The van der Waals surface area contributed by atoms with E-state index in [1.807, 2.05) is 24.3 Å². The van der Waals surface area contributed by atoms with Gasteiger partial charge in [0.05, 0.1) is 25.6 Å². The Morgan fingerprint density at radius 2 is 1.58 bits per heavy atom. The van der Waals surface area contributed by atoms with Crippen LogP contribution < -0.4 is 19.1 Å². The average molecular weight is 449 g/mol. The molecule has 170 valence electrons. The van der Waals surface area contributed by atoms with E-state index in [0.717, 1.165) is 10.6 Å². The van der Waals surface area contributed by atoms with E-state index in [1.54, 1.807) is 31.2 Å². The summed E-state index contributed by atoms with van der Waals surface area (Å²) in [5, 5.41) is 2.74. The van der Waals surface area contributed by atoms with Gasteiger partial charge in [-0.3, -0.25) is 9.10 Å². The summed E-state index contributed by atoms with van der Waals surface area (Å²) in [4.78, 5) is 12.6. The zero-order valence-electron chi connectivity index (χ0n) is 19.0. The third-order valence-electron chi connectivity index (χ3n) is 4.81. The largest absolute Gasteiger partial charge is 0.497 e. The van der Waals surface area contributed by atoms with Crippen LogP contribution in [-0.4, -0.2) is 46.9 Å². The Bertz CT molecular complexity index is 965. The monoisotopic (exact) mass is 448 g/mol. The maximum absolute atomic E-state index is 12.6. The lowest BCUT2D eigenvalue weighted by Gasteiger charge is -2.28. The lowest BCUT2D eigenvalue weighted by Crippen LogP contribution is -2.48. The molecular weight excluding hydrogens is 416 g/mol. The van der Waals surface area contributed by atoms with Gasteiger partial charge in [-0.25, -0.2) is 8.42 Å². The van der Waals surface area contributed by atoms with E-state index in [1.165, 1.54) is 12.7 Å². The number of sulfonamides is 1. The number of carbonyl (C=O) groups is 1. The number of rotatable bonds is 9. The van der Waals surface area contributed by atoms with Gasteiger partial charge in [-0.15, -0.1) is 0 Å². The summed E-state index contributed by atoms with van der Waals surface area (Å²) in [6.07, 6.45) is 1.07. The number of nitrogens with one attached hydrogen (secondary N) is 1. The molecule has 0 aliphatic rings. The van der Waals surface area contributed by atoms with E-state index in [4.69, 9.17) is 9.47 Å². The van der Waals surface area contributed by atoms with Gasteiger partial charge >= 0.3 is 0 Å². The topological polar surface area (TPSA) is 84.9 Å². The Morgan fingerprint density at radius 3 is 2.06 bits per heavy atom. The maximum Gasteiger partial charge on any atom is 0.243 e. The molecule has 1 atom stereocenters. The summed E-state index contributed by atoms with van der Waals surface area (Å²) >= 11 is 0. The van der Waals surface area contributed by atoms with Gasteiger partial charge in [0.15, 0.2) is 0 Å². The van der Waals surface area contributed by atoms with Crippen LogP contribution >= 0.6 is 0 Å². The number of hydrogen-bond donors (Lipinski definition) is 1. The number of benzene rings is 2. The zero-order valence-corrected chi connectivity index (χ0v) is 19.8. The van der Waals surface area contributed by atoms with Gasteiger partial charge in [0.2, 0.25) is 15.9 Å². The molecule has 0 heterocycles. The van der Waals surface area contributed by atoms with Crippen molar-refractivity contribution in [2.75, 3.05) is 30.8 Å². The second-order valence-electron chi connectivity index (χ2n) is 8.35. The molecule has 31 heavy (non-hydrogen) atoms. The number of methoxy groups -OCH3 is 1. The minimum atomic E-state index is -3.67. The molecule has 0 radical (unpaired) electrons. The molecule has 0 bridgehead atoms. The second-order valence-corrected chi connectivity index (χ2v) is 10.2. The fraction of sp³-hybridized carbons (Fsp3) is 0.435. The molecule has 0 fully saturated rings. The molecule has 1 amide bonds. The van der Waals surface area contributed by atoms with Gasteiger partial charge in [-0.1, -0.05) is 32.9 Å². The highest BCUT2D eigenvalue weighted by Crippen LogP contribution is 2.25. The Hall–Kier alpha value is -2.74. The van der Waals surface area contributed by atoms with Crippen LogP contribution in [0.2, 0.25) is 0 Å². The molecule has 2 aromatic rings. The van der Waals surface area contributed by atoms with E-state index in [-0.39, 0.29) is 18.6 Å². The van der Waals surface area contributed by atoms with Crippen LogP contribution in [0.5, 0.6) is 11.5 Å². The van der Waals surface area contributed by atoms with Crippen molar-refractivity contribution in [2.24, 2.45) is 0 Å². The molecular formula is C23H32N2O5S. The Balaban J connectivity index is 1.94. The summed E-state index contributed by atoms with van der Waals surface area (Å²) in [5.41, 5.74) is 1.67. The average Bonchev–Trinajstić information content (AvgIpc) is 2.70. The van der Waals surface area contributed by atoms with Crippen molar-refractivity contribution in [1.29, 1.82) is 0 Å². The van der Waals surface area contributed by atoms with E-state index in [9.17, 15) is 13.2 Å². The van der Waals surface area contributed by atoms with Crippen molar-refractivity contribution in [1.82, 2.24) is 5.32 Å². The summed E-state index contributed by atoms with van der Waals surface area (Å²) < 4.78 is 36.5. The van der Waals surface area contributed by atoms with Gasteiger partial charge in [0.25, 0.3) is 0 Å². The SMILES string of the molecule is COc1ccc(N([C@@H](C)C(=O)NCCOc2ccc(C(C)(C)C)cc2)S(C)(=O)=O)cc1. The zero-order chi connectivity index (χ0) is 23.2. The molecule has 8 heteroatoms. The number of carbonyl (C=O) groups excluding carboxylic acids is 1. The van der Waals surface area contributed by atoms with Crippen molar-refractivity contribution >= 4 is 21.6 Å². The highest BCUT2D eigenvalue weighted by Gasteiger charge is 2.29. The Labute approximate surface area is 185 Å². The van der Waals surface area contributed by atoms with Gasteiger partial charge in [-0.05, 0) is 54.3 Å². The van der Waals surface area contributed by atoms with Crippen molar-refractivity contribution in [3.63, 3.8) is 0 Å². The second kappa shape index (κ2) is 10.0. The number of amides is 1. The summed E-state index contributed by atoms with van der Waals surface area (Å²) in [6, 6.07) is 13.4. The molecule has 0 aliphatic heterocycles. The minimum absolute atomic E-state index is 0.0675. The fourth-order valence-electron chi connectivity index (χ4n) is 3.08. The molecule has 0 spiro atoms. The van der Waals surface area contributed by atoms with Crippen molar-refractivity contribution in [3.8, 4) is 11.5 Å². The highest BCUT2D eigenvalue weighted by molar-refractivity contribution is 7.92. The molecule has 0 saturated heterocycles. The molecule has 7 nitrogen and oxygen atoms in total. The molecule has 0 aromatic heterocycles. The minimum Gasteiger partial charge on any atom is -0.497 e. The Morgan fingerprint density at radius 1 is 1.03 bits per heavy atom. The summed E-state index contributed by atoms with van der Waals surface area (Å²) in [5.74, 6) is 0.904. The van der Waals surface area contributed by atoms with E-state index in [0.29, 0.717) is 17.2 Å². The van der Waals surface area contributed by atoms with Crippen LogP contribution in [0.15, 0.2) is 48.5 Å². The first kappa shape index (κ1) is 24.5. The lowest BCUT2D eigenvalue weighted by molar-refractivity contribution is -0.121. The first-order valence-electron chi connectivity index (χ1n) is 10.1. The van der Waals surface area contributed by atoms with Gasteiger partial charge in [0, 0.05) is 0 Å². The predicted octanol–water partition coefficient (Wildman–Crippen LogP) is 3.34. The van der Waals surface area contributed by atoms with Crippen LogP contribution in [0.25, 0.3) is 0 Å². The highest BCUT2D eigenvalue weighted by atomic mass is 32.2. The van der Waals surface area contributed by atoms with Crippen LogP contribution in [0.1, 0.15) is 33.3 Å². The molecule has 2 rings (SSSR count). The standard InChI is InChI=1S/C23H32N2O5S/c1-17(25(31(6,27)28)19-9-13-20(29-5)14-10-19)22(26)24-15-16-30-21-11-7-18(8-12-21)23(2,3)4/h7-14,17H,15-16H2,1-6H3,(H,24,26)/t17-/m0/s1. The molecule has 0 saturated carbocycles. The van der Waals surface area contributed by atoms with Crippen molar-refractivity contribution < 1.29 is 22.7 Å². The summed E-state index contributed by atoms with van der Waals surface area (Å²) in [7, 11) is -2.14. The number of nitrogens with zero attached hydrogens (tertiary/aromatic N) is 1. The third kappa shape index (κ3) is 6.89. The normalized spacial score (nSPS) is 12.7. The first-order valence-corrected chi connectivity index (χ1v) is 11.9. The van der Waals surface area contributed by atoms with E-state index in [2.05, 4.69) is 26.1 Å². The van der Waals surface area contributed by atoms with Crippen LogP contribution in [0.4, 0.5) is 5.69 Å². The van der Waals surface area contributed by atoms with E-state index < -0.39 is 22.0 Å². The quantitative estimate of drug-likeness (QED) is 0.595. The maximum atomic E-state index is 12.6. The number of ether oxygens (including phenoxy) is 2. The molecule has 2 aromatic carbocycles. The molecule has 1 N–H and O–H groups in total.